The Labute approximate surface area is 233 Å². The summed E-state index contributed by atoms with van der Waals surface area (Å²) in [7, 11) is 1.33. The van der Waals surface area contributed by atoms with Crippen molar-refractivity contribution in [1.82, 2.24) is 4.98 Å². The van der Waals surface area contributed by atoms with Crippen molar-refractivity contribution in [2.75, 3.05) is 19.0 Å². The van der Waals surface area contributed by atoms with Gasteiger partial charge in [-0.1, -0.05) is 24.3 Å². The molecule has 0 bridgehead atoms. The van der Waals surface area contributed by atoms with Crippen LogP contribution in [-0.2, 0) is 33.5 Å². The number of aryl methyl sites for hydroxylation is 1. The van der Waals surface area contributed by atoms with Crippen LogP contribution in [0.1, 0.15) is 66.6 Å². The molecule has 9 heteroatoms. The highest BCUT2D eigenvalue weighted by Gasteiger charge is 2.29. The van der Waals surface area contributed by atoms with Gasteiger partial charge in [-0.25, -0.2) is 14.6 Å². The lowest BCUT2D eigenvalue weighted by Gasteiger charge is -2.22. The minimum Gasteiger partial charge on any atom is -0.465 e. The number of anilines is 1. The molecule has 0 spiro atoms. The molecule has 4 aromatic rings. The average Bonchev–Trinajstić information content (AvgIpc) is 3.69. The zero-order chi connectivity index (χ0) is 26.9. The number of nitrogens with zero attached hydrogens (tertiary/aromatic N) is 1. The van der Waals surface area contributed by atoms with E-state index in [1.54, 1.807) is 11.3 Å². The number of allylic oxidation sites excluding steroid dienone is 1. The summed E-state index contributed by atoms with van der Waals surface area (Å²) in [5.41, 5.74) is 5.30. The van der Waals surface area contributed by atoms with E-state index in [4.69, 9.17) is 14.5 Å². The largest absolute Gasteiger partial charge is 0.465 e. The Morgan fingerprint density at radius 1 is 0.974 bits per heavy atom. The van der Waals surface area contributed by atoms with Gasteiger partial charge in [-0.2, -0.15) is 0 Å². The first-order chi connectivity index (χ1) is 19.0. The van der Waals surface area contributed by atoms with Crippen molar-refractivity contribution < 1.29 is 23.9 Å². The maximum absolute atomic E-state index is 13.5. The van der Waals surface area contributed by atoms with Gasteiger partial charge in [-0.05, 0) is 78.8 Å². The summed E-state index contributed by atoms with van der Waals surface area (Å²) in [4.78, 5) is 46.0. The monoisotopic (exact) mass is 558 g/mol. The van der Waals surface area contributed by atoms with Crippen LogP contribution in [0.5, 0.6) is 0 Å². The van der Waals surface area contributed by atoms with Gasteiger partial charge < -0.3 is 14.8 Å². The summed E-state index contributed by atoms with van der Waals surface area (Å²) >= 11 is 3.05. The molecule has 198 valence electrons. The zero-order valence-electron chi connectivity index (χ0n) is 21.4. The number of benzene rings is 1. The van der Waals surface area contributed by atoms with Gasteiger partial charge in [0.05, 0.1) is 29.4 Å². The van der Waals surface area contributed by atoms with E-state index < -0.39 is 24.5 Å². The molecule has 0 saturated heterocycles. The predicted molar refractivity (Wildman–Crippen MR) is 153 cm³/mol. The van der Waals surface area contributed by atoms with Crippen LogP contribution in [0.2, 0.25) is 0 Å². The molecule has 7 nitrogen and oxygen atoms in total. The van der Waals surface area contributed by atoms with Crippen LogP contribution >= 0.6 is 22.7 Å². The summed E-state index contributed by atoms with van der Waals surface area (Å²) in [6.07, 6.45) is 7.25. The Balaban J connectivity index is 1.27. The maximum atomic E-state index is 13.5. The van der Waals surface area contributed by atoms with Crippen molar-refractivity contribution in [3.8, 4) is 0 Å². The molecule has 3 heterocycles. The fourth-order valence-corrected chi connectivity index (χ4v) is 7.40. The van der Waals surface area contributed by atoms with Crippen molar-refractivity contribution in [2.24, 2.45) is 0 Å². The Morgan fingerprint density at radius 2 is 1.79 bits per heavy atom. The second-order valence-electron chi connectivity index (χ2n) is 9.55. The predicted octanol–water partition coefficient (Wildman–Crippen LogP) is 6.31. The lowest BCUT2D eigenvalue weighted by Crippen LogP contribution is -2.23. The van der Waals surface area contributed by atoms with E-state index in [2.05, 4.69) is 17.5 Å². The standard InChI is InChI=1S/C30H26N2O5S2/c1-36-29(34)26-20-10-5-13-23(20)39-28(26)32-24(33)16-37-30(35)25-19-9-2-3-12-22(19)31-27-17(7-4-11-21(25)27)15-18-8-6-14-38-18/h2-3,6,8-9,12,14-15H,4-5,7,10-11,13,16H2,1H3,(H,32,33). The van der Waals surface area contributed by atoms with E-state index in [9.17, 15) is 14.4 Å². The summed E-state index contributed by atoms with van der Waals surface area (Å²) in [5, 5.41) is 5.97. The molecule has 3 aromatic heterocycles. The highest BCUT2D eigenvalue weighted by atomic mass is 32.1. The number of ether oxygens (including phenoxy) is 2. The molecule has 0 saturated carbocycles. The van der Waals surface area contributed by atoms with E-state index >= 15 is 0 Å². The smallest absolute Gasteiger partial charge is 0.341 e. The van der Waals surface area contributed by atoms with E-state index in [0.29, 0.717) is 33.5 Å². The third-order valence-corrected chi connectivity index (χ3v) is 9.16. The number of aromatic nitrogens is 1. The Bertz CT molecular complexity index is 1630. The summed E-state index contributed by atoms with van der Waals surface area (Å²) in [5.74, 6) is -1.53. The molecule has 0 atom stereocenters. The molecule has 1 amide bonds. The Hall–Kier alpha value is -3.82. The molecule has 1 aromatic carbocycles. The lowest BCUT2D eigenvalue weighted by atomic mass is 9.86. The number of rotatable bonds is 6. The molecular weight excluding hydrogens is 532 g/mol. The molecular formula is C30H26N2O5S2. The van der Waals surface area contributed by atoms with E-state index in [1.165, 1.54) is 18.4 Å². The lowest BCUT2D eigenvalue weighted by molar-refractivity contribution is -0.119. The number of methoxy groups -OCH3 is 1. The SMILES string of the molecule is COC(=O)c1c(NC(=O)COC(=O)c2c3c(nc4ccccc24)C(=Cc2cccs2)CCC3)sc2c1CCC2. The molecule has 6 rings (SSSR count). The van der Waals surface area contributed by atoms with Gasteiger partial charge in [0.1, 0.15) is 5.00 Å². The number of hydrogen-bond donors (Lipinski definition) is 1. The van der Waals surface area contributed by atoms with Gasteiger partial charge in [0.15, 0.2) is 6.61 Å². The number of nitrogens with one attached hydrogen (secondary N) is 1. The minimum atomic E-state index is -0.556. The van der Waals surface area contributed by atoms with Crippen LogP contribution in [0.4, 0.5) is 5.00 Å². The van der Waals surface area contributed by atoms with Gasteiger partial charge in [-0.15, -0.1) is 22.7 Å². The quantitative estimate of drug-likeness (QED) is 0.279. The number of esters is 2. The van der Waals surface area contributed by atoms with Crippen LogP contribution in [0.3, 0.4) is 0 Å². The molecule has 0 aliphatic heterocycles. The first-order valence-corrected chi connectivity index (χ1v) is 14.6. The molecule has 0 fully saturated rings. The average molecular weight is 559 g/mol. The van der Waals surface area contributed by atoms with Crippen molar-refractivity contribution in [3.63, 3.8) is 0 Å². The van der Waals surface area contributed by atoms with Crippen LogP contribution in [0.25, 0.3) is 22.6 Å². The fraction of sp³-hybridized carbons (Fsp3) is 0.267. The highest BCUT2D eigenvalue weighted by Crippen LogP contribution is 2.40. The second-order valence-corrected chi connectivity index (χ2v) is 11.6. The van der Waals surface area contributed by atoms with Crippen LogP contribution in [0, 0.1) is 0 Å². The van der Waals surface area contributed by atoms with Crippen LogP contribution in [0.15, 0.2) is 41.8 Å². The van der Waals surface area contributed by atoms with Crippen molar-refractivity contribution in [3.05, 3.63) is 79.5 Å². The summed E-state index contributed by atoms with van der Waals surface area (Å²) in [6, 6.07) is 11.6. The number of thiophene rings is 2. The maximum Gasteiger partial charge on any atom is 0.341 e. The van der Waals surface area contributed by atoms with Crippen molar-refractivity contribution >= 4 is 68.1 Å². The number of amides is 1. The molecule has 1 N–H and O–H groups in total. The van der Waals surface area contributed by atoms with Gasteiger partial charge in [0, 0.05) is 15.1 Å². The number of fused-ring (bicyclic) bond motifs is 3. The number of pyridine rings is 1. The van der Waals surface area contributed by atoms with E-state index in [0.717, 1.165) is 64.3 Å². The van der Waals surface area contributed by atoms with Gasteiger partial charge in [-0.3, -0.25) is 4.79 Å². The van der Waals surface area contributed by atoms with Gasteiger partial charge >= 0.3 is 11.9 Å². The molecule has 2 aliphatic carbocycles. The van der Waals surface area contributed by atoms with Crippen LogP contribution < -0.4 is 5.32 Å². The van der Waals surface area contributed by atoms with Gasteiger partial charge in [0.2, 0.25) is 0 Å². The van der Waals surface area contributed by atoms with Gasteiger partial charge in [0.25, 0.3) is 5.91 Å². The fourth-order valence-electron chi connectivity index (χ4n) is 5.43. The first kappa shape index (κ1) is 25.5. The summed E-state index contributed by atoms with van der Waals surface area (Å²) in [6.45, 7) is -0.467. The van der Waals surface area contributed by atoms with Crippen molar-refractivity contribution in [1.29, 1.82) is 0 Å². The van der Waals surface area contributed by atoms with E-state index in [-0.39, 0.29) is 0 Å². The number of para-hydroxylation sites is 1. The number of hydrogen-bond acceptors (Lipinski definition) is 8. The number of carbonyl (C=O) groups is 3. The molecule has 39 heavy (non-hydrogen) atoms. The Kier molecular flexibility index (Phi) is 7.01. The Morgan fingerprint density at radius 3 is 2.62 bits per heavy atom. The van der Waals surface area contributed by atoms with Crippen molar-refractivity contribution in [2.45, 2.75) is 38.5 Å². The number of carbonyl (C=O) groups excluding carboxylic acids is 3. The third-order valence-electron chi connectivity index (χ3n) is 7.13. The van der Waals surface area contributed by atoms with E-state index in [1.807, 2.05) is 35.7 Å². The normalized spacial score (nSPS) is 15.2. The van der Waals surface area contributed by atoms with Crippen LogP contribution in [-0.4, -0.2) is 36.5 Å². The topological polar surface area (TPSA) is 94.6 Å². The molecule has 0 unspecified atom stereocenters. The highest BCUT2D eigenvalue weighted by molar-refractivity contribution is 7.17. The molecule has 0 radical (unpaired) electrons. The first-order valence-electron chi connectivity index (χ1n) is 12.9. The summed E-state index contributed by atoms with van der Waals surface area (Å²) < 4.78 is 10.5. The zero-order valence-corrected chi connectivity index (χ0v) is 23.0. The third kappa shape index (κ3) is 4.88. The molecule has 2 aliphatic rings. The second kappa shape index (κ2) is 10.7. The minimum absolute atomic E-state index is 0.411.